The van der Waals surface area contributed by atoms with Crippen molar-refractivity contribution in [3.05, 3.63) is 24.0 Å². The molecule has 1 saturated heterocycles. The summed E-state index contributed by atoms with van der Waals surface area (Å²) in [5, 5.41) is 0. The van der Waals surface area contributed by atoms with Gasteiger partial charge in [0.2, 0.25) is 0 Å². The fraction of sp³-hybridized carbons (Fsp3) is 0.500. The summed E-state index contributed by atoms with van der Waals surface area (Å²) in [5.74, 6) is -1.16. The highest BCUT2D eigenvalue weighted by Gasteiger charge is 2.26. The second kappa shape index (κ2) is 5.82. The van der Waals surface area contributed by atoms with Crippen molar-refractivity contribution in [2.45, 2.75) is 25.4 Å². The van der Waals surface area contributed by atoms with Crippen LogP contribution in [0.25, 0.3) is 0 Å². The minimum Gasteiger partial charge on any atom is -0.488 e. The fourth-order valence-electron chi connectivity index (χ4n) is 1.96. The van der Waals surface area contributed by atoms with Gasteiger partial charge in [0, 0.05) is 6.61 Å². The predicted octanol–water partition coefficient (Wildman–Crippen LogP) is 2.83. The van der Waals surface area contributed by atoms with Gasteiger partial charge in [0.1, 0.15) is 6.61 Å². The van der Waals surface area contributed by atoms with Gasteiger partial charge in [-0.05, 0) is 31.4 Å². The first-order chi connectivity index (χ1) is 8.97. The molecule has 0 radical (unpaired) electrons. The molecule has 1 aromatic rings. The molecule has 2 nitrogen and oxygen atoms in total. The van der Waals surface area contributed by atoms with Crippen molar-refractivity contribution in [2.75, 3.05) is 13.2 Å². The number of hydrogen-bond donors (Lipinski definition) is 0. The van der Waals surface area contributed by atoms with Crippen molar-refractivity contribution >= 4 is 12.4 Å². The Bertz CT molecular complexity index is 430. The smallest absolute Gasteiger partial charge is 0.488 e. The van der Waals surface area contributed by atoms with Crippen LogP contribution in [0, 0.1) is 5.82 Å². The molecule has 1 fully saturated rings. The topological polar surface area (TPSA) is 18.5 Å². The third-order valence-electron chi connectivity index (χ3n) is 3.03. The Morgan fingerprint density at radius 1 is 1.26 bits per heavy atom. The van der Waals surface area contributed by atoms with E-state index >= 15 is 0 Å². The van der Waals surface area contributed by atoms with Crippen molar-refractivity contribution in [1.29, 1.82) is 0 Å². The van der Waals surface area contributed by atoms with E-state index in [4.69, 9.17) is 9.47 Å². The van der Waals surface area contributed by atoms with E-state index in [-0.39, 0.29) is 18.5 Å². The molecule has 0 spiro atoms. The lowest BCUT2D eigenvalue weighted by molar-refractivity contribution is -0.0117. The van der Waals surface area contributed by atoms with Crippen LogP contribution >= 0.6 is 0 Å². The van der Waals surface area contributed by atoms with Gasteiger partial charge in [-0.25, -0.2) is 4.39 Å². The Kier molecular flexibility index (Phi) is 4.34. The molecular weight excluding hydrogens is 263 g/mol. The second-order valence-corrected chi connectivity index (χ2v) is 4.56. The van der Waals surface area contributed by atoms with Gasteiger partial charge in [-0.1, -0.05) is 6.07 Å². The molecule has 1 aliphatic heterocycles. The molecule has 1 aliphatic rings. The highest BCUT2D eigenvalue weighted by atomic mass is 19.4. The summed E-state index contributed by atoms with van der Waals surface area (Å²) in [5.41, 5.74) is -0.860. The fourth-order valence-corrected chi connectivity index (χ4v) is 1.96. The summed E-state index contributed by atoms with van der Waals surface area (Å²) in [6.45, 7) is -4.46. The normalized spacial score (nSPS) is 20.3. The van der Waals surface area contributed by atoms with Gasteiger partial charge in [0.25, 0.3) is 0 Å². The molecule has 0 N–H and O–H groups in total. The van der Waals surface area contributed by atoms with Gasteiger partial charge < -0.3 is 22.4 Å². The van der Waals surface area contributed by atoms with Gasteiger partial charge in [-0.2, -0.15) is 0 Å². The first kappa shape index (κ1) is 14.2. The molecule has 0 amide bonds. The lowest BCUT2D eigenvalue weighted by atomic mass is 9.80. The average molecular weight is 277 g/mol. The van der Waals surface area contributed by atoms with E-state index in [1.54, 1.807) is 0 Å². The van der Waals surface area contributed by atoms with E-state index in [1.165, 1.54) is 0 Å². The van der Waals surface area contributed by atoms with E-state index in [0.717, 1.165) is 31.4 Å². The number of hydrogen-bond acceptors (Lipinski definition) is 2. The monoisotopic (exact) mass is 277 g/mol. The SMILES string of the molecule is Fc1ccc([B-](F)(F)F)cc1OCC1CCCCO1. The molecule has 19 heavy (non-hydrogen) atoms. The number of benzene rings is 1. The average Bonchev–Trinajstić information content (AvgIpc) is 2.37. The van der Waals surface area contributed by atoms with Crippen LogP contribution in [-0.2, 0) is 4.74 Å². The van der Waals surface area contributed by atoms with Crippen LogP contribution in [0.2, 0.25) is 0 Å². The van der Waals surface area contributed by atoms with Crippen molar-refractivity contribution in [1.82, 2.24) is 0 Å². The van der Waals surface area contributed by atoms with Crippen LogP contribution < -0.4 is 10.2 Å². The van der Waals surface area contributed by atoms with E-state index in [0.29, 0.717) is 12.7 Å². The third kappa shape index (κ3) is 3.86. The number of ether oxygens (including phenoxy) is 2. The van der Waals surface area contributed by atoms with Gasteiger partial charge in [0.15, 0.2) is 11.6 Å². The Balaban J connectivity index is 2.02. The Hall–Kier alpha value is -1.24. The van der Waals surface area contributed by atoms with Crippen LogP contribution in [-0.4, -0.2) is 26.3 Å². The zero-order chi connectivity index (χ0) is 13.9. The minimum atomic E-state index is -5.15. The highest BCUT2D eigenvalue weighted by molar-refractivity contribution is 6.73. The molecule has 7 heteroatoms. The maximum absolute atomic E-state index is 13.4. The zero-order valence-corrected chi connectivity index (χ0v) is 10.3. The summed E-state index contributed by atoms with van der Waals surface area (Å²) < 4.78 is 61.5. The van der Waals surface area contributed by atoms with E-state index < -0.39 is 18.3 Å². The third-order valence-corrected chi connectivity index (χ3v) is 3.03. The molecule has 1 heterocycles. The van der Waals surface area contributed by atoms with Crippen LogP contribution in [0.4, 0.5) is 17.3 Å². The van der Waals surface area contributed by atoms with Gasteiger partial charge in [-0.3, -0.25) is 0 Å². The molecule has 1 atom stereocenters. The summed E-state index contributed by atoms with van der Waals surface area (Å²) in [6.07, 6.45) is 2.57. The molecule has 0 aromatic heterocycles. The predicted molar refractivity (Wildman–Crippen MR) is 64.2 cm³/mol. The van der Waals surface area contributed by atoms with Crippen LogP contribution in [0.15, 0.2) is 18.2 Å². The van der Waals surface area contributed by atoms with Crippen LogP contribution in [0.5, 0.6) is 5.75 Å². The van der Waals surface area contributed by atoms with Crippen molar-refractivity contribution in [3.8, 4) is 5.75 Å². The molecule has 0 bridgehead atoms. The molecule has 2 rings (SSSR count). The molecule has 1 unspecified atom stereocenters. The second-order valence-electron chi connectivity index (χ2n) is 4.56. The van der Waals surface area contributed by atoms with Crippen LogP contribution in [0.3, 0.4) is 0 Å². The first-order valence-electron chi connectivity index (χ1n) is 6.20. The number of halogens is 4. The maximum atomic E-state index is 13.4. The van der Waals surface area contributed by atoms with Crippen molar-refractivity contribution in [3.63, 3.8) is 0 Å². The largest absolute Gasteiger partial charge is 0.509 e. The van der Waals surface area contributed by atoms with Crippen molar-refractivity contribution < 1.29 is 26.8 Å². The summed E-state index contributed by atoms with van der Waals surface area (Å²) in [4.78, 5) is 0. The lowest BCUT2D eigenvalue weighted by Gasteiger charge is -2.23. The standard InChI is InChI=1S/C12H14BF4O2/c14-11-5-4-9(13(15,16)17)7-12(11)19-8-10-3-1-2-6-18-10/h4-5,7,10H,1-3,6,8H2/q-1. The lowest BCUT2D eigenvalue weighted by Crippen LogP contribution is -2.34. The highest BCUT2D eigenvalue weighted by Crippen LogP contribution is 2.20. The van der Waals surface area contributed by atoms with E-state index in [2.05, 4.69) is 0 Å². The molecular formula is C12H14BF4O2-. The summed E-state index contributed by atoms with van der Waals surface area (Å²) in [6, 6.07) is 2.21. The summed E-state index contributed by atoms with van der Waals surface area (Å²) in [7, 11) is 0. The molecule has 0 saturated carbocycles. The zero-order valence-electron chi connectivity index (χ0n) is 10.3. The molecule has 106 valence electrons. The minimum absolute atomic E-state index is 0.0746. The van der Waals surface area contributed by atoms with Gasteiger partial charge >= 0.3 is 6.98 Å². The first-order valence-corrected chi connectivity index (χ1v) is 6.20. The molecule has 1 aromatic carbocycles. The Labute approximate surface area is 108 Å². The van der Waals surface area contributed by atoms with E-state index in [1.807, 2.05) is 0 Å². The van der Waals surface area contributed by atoms with Gasteiger partial charge in [0.05, 0.1) is 6.10 Å². The maximum Gasteiger partial charge on any atom is 0.509 e. The Morgan fingerprint density at radius 2 is 2.05 bits per heavy atom. The van der Waals surface area contributed by atoms with Gasteiger partial charge in [-0.15, -0.1) is 5.46 Å². The van der Waals surface area contributed by atoms with Crippen LogP contribution in [0.1, 0.15) is 19.3 Å². The van der Waals surface area contributed by atoms with E-state index in [9.17, 15) is 17.3 Å². The van der Waals surface area contributed by atoms with Crippen molar-refractivity contribution in [2.24, 2.45) is 0 Å². The Morgan fingerprint density at radius 3 is 2.68 bits per heavy atom. The molecule has 0 aliphatic carbocycles. The number of rotatable bonds is 4. The quantitative estimate of drug-likeness (QED) is 0.622. The summed E-state index contributed by atoms with van der Waals surface area (Å²) >= 11 is 0.